The normalized spacial score (nSPS) is 11.2. The summed E-state index contributed by atoms with van der Waals surface area (Å²) in [5.41, 5.74) is 5.61. The number of aromatic nitrogens is 1. The zero-order valence-electron chi connectivity index (χ0n) is 10.4. The van der Waals surface area contributed by atoms with Gasteiger partial charge in [0.15, 0.2) is 17.3 Å². The fourth-order valence-corrected chi connectivity index (χ4v) is 1.69. The van der Waals surface area contributed by atoms with E-state index in [0.29, 0.717) is 0 Å². The van der Waals surface area contributed by atoms with Crippen LogP contribution in [0.2, 0.25) is 5.02 Å². The summed E-state index contributed by atoms with van der Waals surface area (Å²) in [4.78, 5) is 14.0. The van der Waals surface area contributed by atoms with Crippen molar-refractivity contribution in [2.75, 3.05) is 0 Å². The average Bonchev–Trinajstić information content (AvgIpc) is 2.49. The molecule has 8 nitrogen and oxygen atoms in total. The van der Waals surface area contributed by atoms with Crippen LogP contribution in [0.5, 0.6) is 11.5 Å². The Morgan fingerprint density at radius 1 is 1.43 bits per heavy atom. The fraction of sp³-hybridized carbons (Fsp3) is 0. The van der Waals surface area contributed by atoms with Gasteiger partial charge in [-0.2, -0.15) is 0 Å². The molecule has 0 aliphatic rings. The van der Waals surface area contributed by atoms with Crippen molar-refractivity contribution in [2.45, 2.75) is 0 Å². The zero-order chi connectivity index (χ0) is 15.4. The number of ether oxygens (including phenoxy) is 1. The summed E-state index contributed by atoms with van der Waals surface area (Å²) in [6, 6.07) is 5.23. The number of benzene rings is 1. The number of hydrogen-bond donors (Lipinski definition) is 2. The maximum atomic E-state index is 10.8. The van der Waals surface area contributed by atoms with Crippen LogP contribution in [0.4, 0.5) is 5.69 Å². The molecule has 0 bridgehead atoms. The molecule has 0 atom stereocenters. The van der Waals surface area contributed by atoms with Crippen molar-refractivity contribution in [3.8, 4) is 11.5 Å². The Morgan fingerprint density at radius 3 is 2.86 bits per heavy atom. The number of nitro groups is 1. The molecule has 0 radical (unpaired) electrons. The topological polar surface area (TPSA) is 124 Å². The molecule has 1 aromatic carbocycles. The van der Waals surface area contributed by atoms with E-state index in [1.54, 1.807) is 0 Å². The summed E-state index contributed by atoms with van der Waals surface area (Å²) in [7, 11) is 0. The molecule has 0 saturated heterocycles. The number of rotatable bonds is 4. The first-order valence-electron chi connectivity index (χ1n) is 5.56. The first kappa shape index (κ1) is 14.5. The Kier molecular flexibility index (Phi) is 4.19. The van der Waals surface area contributed by atoms with Crippen molar-refractivity contribution < 1.29 is 14.9 Å². The van der Waals surface area contributed by atoms with E-state index in [-0.39, 0.29) is 33.6 Å². The van der Waals surface area contributed by atoms with Crippen LogP contribution in [0, 0.1) is 10.1 Å². The quantitative estimate of drug-likeness (QED) is 0.294. The van der Waals surface area contributed by atoms with Gasteiger partial charge in [0.1, 0.15) is 0 Å². The Morgan fingerprint density at radius 2 is 2.19 bits per heavy atom. The highest BCUT2D eigenvalue weighted by Crippen LogP contribution is 2.33. The minimum Gasteiger partial charge on any atom is -0.453 e. The summed E-state index contributed by atoms with van der Waals surface area (Å²) in [5.74, 6) is 0.0232. The lowest BCUT2D eigenvalue weighted by Crippen LogP contribution is -2.14. The Balaban J connectivity index is 2.43. The van der Waals surface area contributed by atoms with Gasteiger partial charge in [0.05, 0.1) is 27.8 Å². The minimum atomic E-state index is -0.573. The van der Waals surface area contributed by atoms with Crippen LogP contribution in [0.25, 0.3) is 0 Å². The smallest absolute Gasteiger partial charge is 0.273 e. The van der Waals surface area contributed by atoms with Gasteiger partial charge in [-0.1, -0.05) is 16.8 Å². The lowest BCUT2D eigenvalue weighted by Gasteiger charge is -2.10. The Hall–Kier alpha value is -2.87. The molecule has 1 aromatic heterocycles. The molecule has 2 rings (SSSR count). The third kappa shape index (κ3) is 3.18. The van der Waals surface area contributed by atoms with Crippen LogP contribution in [0.1, 0.15) is 5.56 Å². The highest BCUT2D eigenvalue weighted by Gasteiger charge is 2.14. The lowest BCUT2D eigenvalue weighted by atomic mass is 10.2. The summed E-state index contributed by atoms with van der Waals surface area (Å²) < 4.78 is 5.48. The maximum Gasteiger partial charge on any atom is 0.273 e. The molecule has 1 heterocycles. The van der Waals surface area contributed by atoms with Gasteiger partial charge in [-0.15, -0.1) is 0 Å². The van der Waals surface area contributed by atoms with Crippen molar-refractivity contribution in [3.63, 3.8) is 0 Å². The molecule has 0 fully saturated rings. The molecular weight excluding hydrogens is 300 g/mol. The lowest BCUT2D eigenvalue weighted by molar-refractivity contribution is -0.384. The van der Waals surface area contributed by atoms with Crippen molar-refractivity contribution in [1.82, 2.24) is 4.98 Å². The molecule has 2 aromatic rings. The Labute approximate surface area is 123 Å². The van der Waals surface area contributed by atoms with Crippen LogP contribution in [-0.2, 0) is 0 Å². The summed E-state index contributed by atoms with van der Waals surface area (Å²) in [6.45, 7) is 0. The van der Waals surface area contributed by atoms with Crippen LogP contribution in [0.15, 0.2) is 41.8 Å². The second-order valence-corrected chi connectivity index (χ2v) is 4.24. The summed E-state index contributed by atoms with van der Waals surface area (Å²) in [5, 5.41) is 22.5. The molecule has 0 aliphatic carbocycles. The third-order valence-electron chi connectivity index (χ3n) is 2.51. The predicted octanol–water partition coefficient (Wildman–Crippen LogP) is 2.53. The number of nitrogens with two attached hydrogens (primary N) is 1. The van der Waals surface area contributed by atoms with Gasteiger partial charge in [-0.05, 0) is 12.1 Å². The number of halogens is 1. The number of non-ortho nitro benzene ring substituents is 1. The molecular formula is C12H9ClN4O4. The second-order valence-electron chi connectivity index (χ2n) is 3.83. The number of amidine groups is 1. The van der Waals surface area contributed by atoms with E-state index in [1.165, 1.54) is 36.7 Å². The maximum absolute atomic E-state index is 10.8. The van der Waals surface area contributed by atoms with Gasteiger partial charge in [0.2, 0.25) is 0 Å². The number of pyridine rings is 1. The first-order valence-corrected chi connectivity index (χ1v) is 5.94. The second kappa shape index (κ2) is 6.06. The van der Waals surface area contributed by atoms with E-state index in [0.717, 1.165) is 0 Å². The molecule has 0 unspecified atom stereocenters. The van der Waals surface area contributed by atoms with Crippen LogP contribution in [0.3, 0.4) is 0 Å². The highest BCUT2D eigenvalue weighted by molar-refractivity contribution is 6.32. The van der Waals surface area contributed by atoms with Gasteiger partial charge in [-0.3, -0.25) is 15.1 Å². The van der Waals surface area contributed by atoms with Crippen molar-refractivity contribution in [1.29, 1.82) is 0 Å². The van der Waals surface area contributed by atoms with E-state index in [1.807, 2.05) is 0 Å². The summed E-state index contributed by atoms with van der Waals surface area (Å²) in [6.07, 6.45) is 2.75. The van der Waals surface area contributed by atoms with Crippen molar-refractivity contribution >= 4 is 23.1 Å². The van der Waals surface area contributed by atoms with Crippen molar-refractivity contribution in [3.05, 3.63) is 57.4 Å². The SMILES string of the molecule is N/C(=N/O)c1ccncc1Oc1cc([N+](=O)[O-])ccc1Cl. The monoisotopic (exact) mass is 308 g/mol. The highest BCUT2D eigenvalue weighted by atomic mass is 35.5. The van der Waals surface area contributed by atoms with E-state index in [2.05, 4.69) is 10.1 Å². The molecule has 9 heteroatoms. The number of hydrogen-bond acceptors (Lipinski definition) is 6. The molecule has 0 amide bonds. The number of nitrogens with zero attached hydrogens (tertiary/aromatic N) is 3. The van der Waals surface area contributed by atoms with Crippen LogP contribution < -0.4 is 10.5 Å². The van der Waals surface area contributed by atoms with Crippen LogP contribution >= 0.6 is 11.6 Å². The van der Waals surface area contributed by atoms with Gasteiger partial charge in [0, 0.05) is 12.3 Å². The number of oxime groups is 1. The van der Waals surface area contributed by atoms with Gasteiger partial charge in [-0.25, -0.2) is 0 Å². The summed E-state index contributed by atoms with van der Waals surface area (Å²) >= 11 is 5.94. The first-order chi connectivity index (χ1) is 10.0. The van der Waals surface area contributed by atoms with E-state index >= 15 is 0 Å². The average molecular weight is 309 g/mol. The van der Waals surface area contributed by atoms with E-state index < -0.39 is 4.92 Å². The number of nitro benzene ring substituents is 1. The van der Waals surface area contributed by atoms with Gasteiger partial charge < -0.3 is 15.7 Å². The molecule has 0 spiro atoms. The largest absolute Gasteiger partial charge is 0.453 e. The molecule has 21 heavy (non-hydrogen) atoms. The molecule has 108 valence electrons. The fourth-order valence-electron chi connectivity index (χ4n) is 1.53. The molecule has 0 aliphatic heterocycles. The van der Waals surface area contributed by atoms with Crippen molar-refractivity contribution in [2.24, 2.45) is 10.9 Å². The van der Waals surface area contributed by atoms with Gasteiger partial charge in [0.25, 0.3) is 5.69 Å². The standard InChI is InChI=1S/C12H9ClN4O4/c13-9-2-1-7(17(19)20)5-10(9)21-11-6-15-4-3-8(11)12(14)16-18/h1-6,18H,(H2,14,16). The van der Waals surface area contributed by atoms with E-state index in [9.17, 15) is 10.1 Å². The molecule has 3 N–H and O–H groups in total. The third-order valence-corrected chi connectivity index (χ3v) is 2.83. The van der Waals surface area contributed by atoms with Gasteiger partial charge >= 0.3 is 0 Å². The van der Waals surface area contributed by atoms with E-state index in [4.69, 9.17) is 27.3 Å². The minimum absolute atomic E-state index is 0.0610. The van der Waals surface area contributed by atoms with Crippen LogP contribution in [-0.4, -0.2) is 21.0 Å². The zero-order valence-corrected chi connectivity index (χ0v) is 11.2. The Bertz CT molecular complexity index is 720. The molecule has 0 saturated carbocycles. The predicted molar refractivity (Wildman–Crippen MR) is 74.9 cm³/mol.